The molecule has 0 bridgehead atoms. The van der Waals surface area contributed by atoms with Crippen LogP contribution in [0.2, 0.25) is 0 Å². The van der Waals surface area contributed by atoms with Gasteiger partial charge in [0.25, 0.3) is 0 Å². The average molecular weight is 237 g/mol. The molecule has 0 aliphatic heterocycles. The molecule has 0 aliphatic carbocycles. The molecule has 0 radical (unpaired) electrons. The molecule has 1 aromatic rings. The van der Waals surface area contributed by atoms with Crippen LogP contribution in [0.15, 0.2) is 18.3 Å². The lowest BCUT2D eigenvalue weighted by molar-refractivity contribution is -0.0983. The highest BCUT2D eigenvalue weighted by Gasteiger charge is 2.39. The van der Waals surface area contributed by atoms with E-state index in [9.17, 15) is 10.1 Å². The summed E-state index contributed by atoms with van der Waals surface area (Å²) in [6.45, 7) is 8.66. The molecule has 4 nitrogen and oxygen atoms in total. The molecule has 0 aromatic carbocycles. The molecule has 0 aliphatic rings. The predicted molar refractivity (Wildman–Crippen MR) is 68.0 cm³/mol. The number of aliphatic hydroxyl groups is 1. The van der Waals surface area contributed by atoms with Crippen LogP contribution in [0, 0.1) is 6.92 Å². The van der Waals surface area contributed by atoms with Crippen LogP contribution in [0.25, 0.3) is 0 Å². The minimum absolute atomic E-state index is 0.447. The van der Waals surface area contributed by atoms with E-state index in [-0.39, 0.29) is 0 Å². The van der Waals surface area contributed by atoms with Crippen LogP contribution < -0.4 is 5.59 Å². The first-order chi connectivity index (χ1) is 7.63. The summed E-state index contributed by atoms with van der Waals surface area (Å²) in [5.74, 6) is 0. The summed E-state index contributed by atoms with van der Waals surface area (Å²) in [6.07, 6.45) is 1.62. The van der Waals surface area contributed by atoms with Gasteiger partial charge in [-0.2, -0.15) is 0 Å². The van der Waals surface area contributed by atoms with Gasteiger partial charge in [-0.25, -0.2) is 0 Å². The van der Waals surface area contributed by atoms with Crippen LogP contribution >= 0.6 is 0 Å². The van der Waals surface area contributed by atoms with E-state index in [0.29, 0.717) is 5.59 Å². The topological polar surface area (TPSA) is 62.6 Å². The van der Waals surface area contributed by atoms with Gasteiger partial charge in [-0.3, -0.25) is 4.98 Å². The first-order valence-corrected chi connectivity index (χ1v) is 5.64. The molecule has 0 atom stereocenters. The molecule has 5 heteroatoms. The maximum atomic E-state index is 9.95. The van der Waals surface area contributed by atoms with Gasteiger partial charge in [-0.05, 0) is 52.3 Å². The van der Waals surface area contributed by atoms with Gasteiger partial charge < -0.3 is 14.8 Å². The normalized spacial score (nSPS) is 12.6. The highest BCUT2D eigenvalue weighted by molar-refractivity contribution is 6.59. The zero-order valence-corrected chi connectivity index (χ0v) is 11.1. The van der Waals surface area contributed by atoms with Gasteiger partial charge in [0.1, 0.15) is 0 Å². The third kappa shape index (κ3) is 3.53. The lowest BCUT2D eigenvalue weighted by Crippen LogP contribution is -2.53. The van der Waals surface area contributed by atoms with Crippen LogP contribution in [0.4, 0.5) is 0 Å². The Morgan fingerprint density at radius 3 is 2.35 bits per heavy atom. The van der Waals surface area contributed by atoms with Crippen LogP contribution in [-0.4, -0.2) is 33.4 Å². The predicted octanol–water partition coefficient (Wildman–Crippen LogP) is 0.644. The minimum Gasteiger partial charge on any atom is -0.422 e. The summed E-state index contributed by atoms with van der Waals surface area (Å²) < 4.78 is 5.49. The minimum atomic E-state index is -1.14. The maximum Gasteiger partial charge on any atom is 0.511 e. The fraction of sp³-hybridized carbons (Fsp3) is 0.583. The van der Waals surface area contributed by atoms with Crippen molar-refractivity contribution in [1.29, 1.82) is 0 Å². The van der Waals surface area contributed by atoms with E-state index in [2.05, 4.69) is 4.98 Å². The van der Waals surface area contributed by atoms with E-state index in [1.54, 1.807) is 40.0 Å². The SMILES string of the molecule is Cc1ccnc(B(O)OC(C)(C)C(C)(C)O)c1. The van der Waals surface area contributed by atoms with Gasteiger partial charge in [-0.15, -0.1) is 0 Å². The molecule has 0 saturated heterocycles. The molecule has 1 rings (SSSR count). The third-order valence-electron chi connectivity index (χ3n) is 3.07. The van der Waals surface area contributed by atoms with Gasteiger partial charge in [0.05, 0.1) is 16.8 Å². The zero-order valence-electron chi connectivity index (χ0n) is 11.1. The van der Waals surface area contributed by atoms with Crippen molar-refractivity contribution in [2.45, 2.75) is 45.8 Å². The number of pyridine rings is 1. The molecular formula is C12H20BNO3. The molecule has 17 heavy (non-hydrogen) atoms. The van der Waals surface area contributed by atoms with E-state index in [1.807, 2.05) is 13.0 Å². The van der Waals surface area contributed by atoms with Crippen molar-refractivity contribution < 1.29 is 14.8 Å². The Hall–Kier alpha value is -0.905. The number of aromatic nitrogens is 1. The molecule has 1 heterocycles. The Labute approximate surface area is 103 Å². The number of aryl methyl sites for hydroxylation is 1. The summed E-state index contributed by atoms with van der Waals surface area (Å²) in [5, 5.41) is 19.9. The fourth-order valence-corrected chi connectivity index (χ4v) is 1.18. The first-order valence-electron chi connectivity index (χ1n) is 5.64. The second-order valence-corrected chi connectivity index (χ2v) is 5.30. The molecule has 0 amide bonds. The van der Waals surface area contributed by atoms with Crippen molar-refractivity contribution >= 4 is 12.7 Å². The largest absolute Gasteiger partial charge is 0.511 e. The van der Waals surface area contributed by atoms with Gasteiger partial charge in [0, 0.05) is 6.20 Å². The summed E-state index contributed by atoms with van der Waals surface area (Å²) in [4.78, 5) is 4.05. The van der Waals surface area contributed by atoms with E-state index < -0.39 is 18.3 Å². The summed E-state index contributed by atoms with van der Waals surface area (Å²) in [7, 11) is -1.14. The monoisotopic (exact) mass is 237 g/mol. The van der Waals surface area contributed by atoms with Crippen LogP contribution in [0.5, 0.6) is 0 Å². The van der Waals surface area contributed by atoms with Crippen molar-refractivity contribution in [2.75, 3.05) is 0 Å². The van der Waals surface area contributed by atoms with Crippen molar-refractivity contribution in [3.63, 3.8) is 0 Å². The van der Waals surface area contributed by atoms with Crippen molar-refractivity contribution in [3.05, 3.63) is 23.9 Å². The lowest BCUT2D eigenvalue weighted by atomic mass is 9.79. The maximum absolute atomic E-state index is 9.95. The van der Waals surface area contributed by atoms with Crippen molar-refractivity contribution in [2.24, 2.45) is 0 Å². The summed E-state index contributed by atoms with van der Waals surface area (Å²) >= 11 is 0. The van der Waals surface area contributed by atoms with E-state index in [4.69, 9.17) is 4.65 Å². The fourth-order valence-electron chi connectivity index (χ4n) is 1.18. The van der Waals surface area contributed by atoms with Gasteiger partial charge in [0.15, 0.2) is 0 Å². The molecule has 0 spiro atoms. The Morgan fingerprint density at radius 2 is 1.88 bits per heavy atom. The summed E-state index contributed by atoms with van der Waals surface area (Å²) in [5.41, 5.74) is -0.489. The quantitative estimate of drug-likeness (QED) is 0.754. The van der Waals surface area contributed by atoms with Crippen LogP contribution in [0.1, 0.15) is 33.3 Å². The summed E-state index contributed by atoms with van der Waals surface area (Å²) in [6, 6.07) is 3.60. The molecule has 0 fully saturated rings. The molecule has 94 valence electrons. The Kier molecular flexibility index (Phi) is 3.97. The highest BCUT2D eigenvalue weighted by Crippen LogP contribution is 2.25. The van der Waals surface area contributed by atoms with Gasteiger partial charge in [0.2, 0.25) is 0 Å². The Morgan fingerprint density at radius 1 is 1.29 bits per heavy atom. The average Bonchev–Trinajstić information content (AvgIpc) is 2.15. The van der Waals surface area contributed by atoms with E-state index in [1.165, 1.54) is 0 Å². The Bertz CT molecular complexity index is 388. The smallest absolute Gasteiger partial charge is 0.422 e. The highest BCUT2D eigenvalue weighted by atomic mass is 16.5. The molecule has 0 unspecified atom stereocenters. The van der Waals surface area contributed by atoms with E-state index >= 15 is 0 Å². The molecular weight excluding hydrogens is 217 g/mol. The third-order valence-corrected chi connectivity index (χ3v) is 3.07. The van der Waals surface area contributed by atoms with Crippen molar-refractivity contribution in [3.8, 4) is 0 Å². The molecule has 1 aromatic heterocycles. The number of hydrogen-bond donors (Lipinski definition) is 2. The Balaban J connectivity index is 2.83. The molecule has 0 saturated carbocycles. The van der Waals surface area contributed by atoms with E-state index in [0.717, 1.165) is 5.56 Å². The van der Waals surface area contributed by atoms with Gasteiger partial charge in [-0.1, -0.05) is 0 Å². The zero-order chi connectivity index (χ0) is 13.3. The number of rotatable bonds is 4. The second-order valence-electron chi connectivity index (χ2n) is 5.30. The van der Waals surface area contributed by atoms with Gasteiger partial charge >= 0.3 is 7.12 Å². The first kappa shape index (κ1) is 14.2. The van der Waals surface area contributed by atoms with Crippen LogP contribution in [-0.2, 0) is 4.65 Å². The second kappa shape index (κ2) is 4.76. The van der Waals surface area contributed by atoms with Crippen molar-refractivity contribution in [1.82, 2.24) is 4.98 Å². The lowest BCUT2D eigenvalue weighted by Gasteiger charge is -2.38. The number of nitrogens with zero attached hydrogens (tertiary/aromatic N) is 1. The standard InChI is InChI=1S/C12H20BNO3/c1-9-6-7-14-10(8-9)13(16)17-12(4,5)11(2,3)15/h6-8,15-16H,1-5H3. The number of hydrogen-bond acceptors (Lipinski definition) is 4. The van der Waals surface area contributed by atoms with Crippen LogP contribution in [0.3, 0.4) is 0 Å². The molecule has 2 N–H and O–H groups in total.